The molecule has 1 aromatic heterocycles. The smallest absolute Gasteiger partial charge is 0.462 e. The molecular formula is C53H89N3O16P2. The van der Waals surface area contributed by atoms with Crippen LogP contribution in [-0.2, 0) is 51.1 Å². The number of phosphoric acid groups is 2. The average molecular weight is 1090 g/mol. The molecule has 0 radical (unpaired) electrons. The van der Waals surface area contributed by atoms with Gasteiger partial charge in [0.15, 0.2) is 18.1 Å². The Morgan fingerprint density at radius 2 is 1.32 bits per heavy atom. The number of hydrogen-bond acceptors (Lipinski definition) is 16. The van der Waals surface area contributed by atoms with Gasteiger partial charge in [-0.1, -0.05) is 172 Å². The Labute approximate surface area is 439 Å². The number of nitrogen functional groups attached to an aromatic ring is 1. The van der Waals surface area contributed by atoms with E-state index in [0.717, 1.165) is 61.6 Å². The number of nitrogens with two attached hydrogens (primary N) is 1. The summed E-state index contributed by atoms with van der Waals surface area (Å²) in [7, 11) is -10.9. The van der Waals surface area contributed by atoms with Crippen molar-refractivity contribution in [1.29, 1.82) is 0 Å². The normalized spacial score (nSPS) is 19.6. The van der Waals surface area contributed by atoms with E-state index in [1.807, 2.05) is 36.5 Å². The van der Waals surface area contributed by atoms with Gasteiger partial charge in [-0.25, -0.2) is 13.9 Å². The fourth-order valence-electron chi connectivity index (χ4n) is 7.83. The predicted molar refractivity (Wildman–Crippen MR) is 284 cm³/mol. The number of ether oxygens (including phenoxy) is 3. The second kappa shape index (κ2) is 39.7. The Kier molecular flexibility index (Phi) is 35.7. The van der Waals surface area contributed by atoms with Crippen molar-refractivity contribution < 1.29 is 71.1 Å². The van der Waals surface area contributed by atoms with Gasteiger partial charge in [0, 0.05) is 25.5 Å². The molecule has 0 aliphatic carbocycles. The van der Waals surface area contributed by atoms with E-state index < -0.39 is 83.7 Å². The van der Waals surface area contributed by atoms with Gasteiger partial charge in [-0.3, -0.25) is 28.0 Å². The van der Waals surface area contributed by atoms with Crippen LogP contribution in [0, 0.1) is 5.92 Å². The second-order valence-corrected chi connectivity index (χ2v) is 22.1. The number of carbonyl (C=O) groups is 3. The zero-order valence-corrected chi connectivity index (χ0v) is 46.1. The lowest BCUT2D eigenvalue weighted by Gasteiger charge is -2.21. The van der Waals surface area contributed by atoms with E-state index in [1.54, 1.807) is 12.2 Å². The SMILES string of the molecule is CCCCCC(=O)/C=C/C=C\C/C=C\C/C=C\CCCC(=O)O[C@H](COC(=O)CCCCCCCCCCCCCCCCC(C)CC)COP(=O)(O)OP(=O)(O)OC[C@H]1O[C@@H](n2ccc(N)nc2=O)[C@H](O)[C@@H]1O. The maximum Gasteiger partial charge on any atom is 0.481 e. The Morgan fingerprint density at radius 3 is 1.96 bits per heavy atom. The van der Waals surface area contributed by atoms with Gasteiger partial charge in [0.25, 0.3) is 0 Å². The van der Waals surface area contributed by atoms with Crippen molar-refractivity contribution >= 4 is 39.2 Å². The third-order valence-corrected chi connectivity index (χ3v) is 15.0. The molecule has 2 heterocycles. The first kappa shape index (κ1) is 66.5. The van der Waals surface area contributed by atoms with Crippen LogP contribution in [0.2, 0.25) is 0 Å². The van der Waals surface area contributed by atoms with Crippen LogP contribution < -0.4 is 11.4 Å². The molecular weight excluding hydrogens is 997 g/mol. The molecule has 0 spiro atoms. The molecule has 1 aliphatic heterocycles. The predicted octanol–water partition coefficient (Wildman–Crippen LogP) is 10.8. The molecule has 1 aliphatic rings. The highest BCUT2D eigenvalue weighted by Crippen LogP contribution is 2.60. The first-order valence-electron chi connectivity index (χ1n) is 27.0. The zero-order chi connectivity index (χ0) is 54.5. The van der Waals surface area contributed by atoms with Gasteiger partial charge in [0.05, 0.1) is 13.2 Å². The molecule has 3 unspecified atom stereocenters. The van der Waals surface area contributed by atoms with E-state index in [-0.39, 0.29) is 24.4 Å². The maximum absolute atomic E-state index is 12.9. The maximum atomic E-state index is 12.9. The number of unbranched alkanes of at least 4 members (excludes halogenated alkanes) is 16. The molecule has 6 N–H and O–H groups in total. The third-order valence-electron chi connectivity index (χ3n) is 12.4. The van der Waals surface area contributed by atoms with Crippen LogP contribution in [0.15, 0.2) is 65.7 Å². The number of carbonyl (C=O) groups excluding carboxylic acids is 3. The molecule has 1 aromatic rings. The van der Waals surface area contributed by atoms with Crippen LogP contribution in [-0.4, -0.2) is 91.5 Å². The summed E-state index contributed by atoms with van der Waals surface area (Å²) in [6.07, 6.45) is 33.2. The summed E-state index contributed by atoms with van der Waals surface area (Å²) >= 11 is 0. The first-order valence-corrected chi connectivity index (χ1v) is 30.0. The number of nitrogens with zero attached hydrogens (tertiary/aromatic N) is 2. The van der Waals surface area contributed by atoms with Gasteiger partial charge in [-0.15, -0.1) is 0 Å². The van der Waals surface area contributed by atoms with Gasteiger partial charge in [-0.05, 0) is 56.6 Å². The topological polar surface area (TPSA) is 283 Å². The molecule has 0 aromatic carbocycles. The lowest BCUT2D eigenvalue weighted by molar-refractivity contribution is -0.161. The summed E-state index contributed by atoms with van der Waals surface area (Å²) in [5, 5.41) is 20.9. The van der Waals surface area contributed by atoms with Crippen molar-refractivity contribution in [2.45, 2.75) is 218 Å². The molecule has 1 saturated heterocycles. The molecule has 0 bridgehead atoms. The zero-order valence-electron chi connectivity index (χ0n) is 44.3. The van der Waals surface area contributed by atoms with E-state index in [1.165, 1.54) is 76.7 Å². The van der Waals surface area contributed by atoms with E-state index in [0.29, 0.717) is 38.5 Å². The summed E-state index contributed by atoms with van der Waals surface area (Å²) in [5.74, 6) is -0.430. The van der Waals surface area contributed by atoms with Crippen molar-refractivity contribution in [2.75, 3.05) is 25.6 Å². The van der Waals surface area contributed by atoms with Gasteiger partial charge in [0.1, 0.15) is 30.7 Å². The Balaban J connectivity index is 1.81. The van der Waals surface area contributed by atoms with Crippen molar-refractivity contribution in [3.05, 3.63) is 71.4 Å². The van der Waals surface area contributed by atoms with E-state index in [9.17, 15) is 48.3 Å². The second-order valence-electron chi connectivity index (χ2n) is 19.0. The monoisotopic (exact) mass is 1090 g/mol. The number of phosphoric ester groups is 2. The van der Waals surface area contributed by atoms with Crippen molar-refractivity contribution in [2.24, 2.45) is 5.92 Å². The average Bonchev–Trinajstić information content (AvgIpc) is 3.63. The number of aliphatic hydroxyl groups is 2. The van der Waals surface area contributed by atoms with Gasteiger partial charge in [-0.2, -0.15) is 9.29 Å². The number of esters is 2. The molecule has 0 saturated carbocycles. The van der Waals surface area contributed by atoms with E-state index >= 15 is 0 Å². The van der Waals surface area contributed by atoms with Crippen LogP contribution in [0.5, 0.6) is 0 Å². The molecule has 0 amide bonds. The van der Waals surface area contributed by atoms with Crippen LogP contribution in [0.4, 0.5) is 5.82 Å². The molecule has 1 fully saturated rings. The Hall–Kier alpha value is -3.61. The van der Waals surface area contributed by atoms with E-state index in [2.05, 4.69) is 30.1 Å². The molecule has 21 heteroatoms. The van der Waals surface area contributed by atoms with Crippen LogP contribution in [0.25, 0.3) is 0 Å². The number of allylic oxidation sites excluding steroid dienone is 8. The Bertz CT molecular complexity index is 2010. The number of rotatable bonds is 44. The molecule has 2 rings (SSSR count). The van der Waals surface area contributed by atoms with Crippen LogP contribution in [0.3, 0.4) is 0 Å². The summed E-state index contributed by atoms with van der Waals surface area (Å²) in [6, 6.07) is 1.24. The molecule has 74 heavy (non-hydrogen) atoms. The number of hydrogen-bond donors (Lipinski definition) is 5. The minimum atomic E-state index is -5.45. The standard InChI is InChI=1S/C53H89N3O16P2/c1-4-6-28-34-44(57)35-30-25-21-17-13-11-15-19-23-27-32-37-49(59)70-45(40-67-48(58)36-31-26-22-18-14-10-8-7-9-12-16-20-24-29-33-43(3)5-2)41-68-73(63,64)72-74(65,66)69-42-46-50(60)51(61)52(71-46)56-39-38-47(54)55-53(56)62/h11,13,19,21,23,25,30,35,38-39,43,45-46,50-52,60-61H,4-10,12,14-18,20,22,24,26-29,31-34,36-37,40-42H2,1-3H3,(H,63,64)(H,65,66)(H2,54,55,62)/b13-11-,23-19-,25-21-,35-30+/t43?,45-,46-,50-,51-,52-/m1/s1. The van der Waals surface area contributed by atoms with Crippen LogP contribution in [0.1, 0.15) is 194 Å². The van der Waals surface area contributed by atoms with Crippen LogP contribution >= 0.6 is 15.6 Å². The highest BCUT2D eigenvalue weighted by Gasteiger charge is 2.46. The minimum absolute atomic E-state index is 0.0517. The summed E-state index contributed by atoms with van der Waals surface area (Å²) in [4.78, 5) is 73.8. The Morgan fingerprint density at radius 1 is 0.743 bits per heavy atom. The fraction of sp³-hybridized carbons (Fsp3) is 0.717. The van der Waals surface area contributed by atoms with Crippen molar-refractivity contribution in [3.8, 4) is 0 Å². The summed E-state index contributed by atoms with van der Waals surface area (Å²) in [5.41, 5.74) is 4.58. The largest absolute Gasteiger partial charge is 0.481 e. The third kappa shape index (κ3) is 32.1. The van der Waals surface area contributed by atoms with Gasteiger partial charge < -0.3 is 39.9 Å². The molecule has 19 nitrogen and oxygen atoms in total. The van der Waals surface area contributed by atoms with E-state index in [4.69, 9.17) is 29.0 Å². The van der Waals surface area contributed by atoms with Crippen molar-refractivity contribution in [1.82, 2.24) is 9.55 Å². The summed E-state index contributed by atoms with van der Waals surface area (Å²) < 4.78 is 56.8. The number of ketones is 1. The quantitative estimate of drug-likeness (QED) is 0.0101. The molecule has 422 valence electrons. The molecule has 8 atom stereocenters. The number of anilines is 1. The lowest BCUT2D eigenvalue weighted by atomic mass is 9.99. The first-order chi connectivity index (χ1) is 35.5. The number of aromatic nitrogens is 2. The fourth-order valence-corrected chi connectivity index (χ4v) is 9.94. The van der Waals surface area contributed by atoms with Crippen molar-refractivity contribution in [3.63, 3.8) is 0 Å². The number of aliphatic hydroxyl groups excluding tert-OH is 2. The minimum Gasteiger partial charge on any atom is -0.462 e. The highest BCUT2D eigenvalue weighted by atomic mass is 31.3. The summed E-state index contributed by atoms with van der Waals surface area (Å²) in [6.45, 7) is 4.30. The van der Waals surface area contributed by atoms with Gasteiger partial charge in [0.2, 0.25) is 0 Å². The highest BCUT2D eigenvalue weighted by molar-refractivity contribution is 7.61. The lowest BCUT2D eigenvalue weighted by Crippen LogP contribution is -2.36. The van der Waals surface area contributed by atoms with Gasteiger partial charge >= 0.3 is 33.3 Å².